The number of nitrogens with one attached hydrogen (secondary N) is 1. The Balaban J connectivity index is 1.75. The third-order valence-electron chi connectivity index (χ3n) is 3.02. The topological polar surface area (TPSA) is 50.7 Å². The lowest BCUT2D eigenvalue weighted by Gasteiger charge is -2.13. The molecule has 0 aliphatic rings. The zero-order chi connectivity index (χ0) is 15.8. The van der Waals surface area contributed by atoms with Crippen LogP contribution in [0.2, 0.25) is 5.02 Å². The lowest BCUT2D eigenvalue weighted by Crippen LogP contribution is -2.29. The van der Waals surface area contributed by atoms with Gasteiger partial charge in [-0.2, -0.15) is 0 Å². The molecule has 0 radical (unpaired) electrons. The van der Waals surface area contributed by atoms with Crippen LogP contribution in [0.3, 0.4) is 0 Å². The molecule has 2 aromatic carbocycles. The van der Waals surface area contributed by atoms with E-state index in [1.54, 1.807) is 12.1 Å². The summed E-state index contributed by atoms with van der Waals surface area (Å²) in [5.74, 6) is -0.218. The second kappa shape index (κ2) is 8.20. The number of rotatable bonds is 6. The third-order valence-corrected chi connectivity index (χ3v) is 3.27. The van der Waals surface area contributed by atoms with E-state index in [0.717, 1.165) is 11.1 Å². The Morgan fingerprint density at radius 3 is 2.59 bits per heavy atom. The molecule has 2 rings (SSSR count). The van der Waals surface area contributed by atoms with Crippen molar-refractivity contribution in [2.24, 2.45) is 5.16 Å². The van der Waals surface area contributed by atoms with Gasteiger partial charge in [-0.1, -0.05) is 59.2 Å². The van der Waals surface area contributed by atoms with E-state index in [2.05, 4.69) is 10.5 Å². The minimum Gasteiger partial charge on any atom is -0.386 e. The van der Waals surface area contributed by atoms with Crippen molar-refractivity contribution in [2.45, 2.75) is 13.0 Å². The number of hydrogen-bond acceptors (Lipinski definition) is 3. The summed E-state index contributed by atoms with van der Waals surface area (Å²) in [6.45, 7) is 1.80. The molecule has 0 heterocycles. The molecule has 22 heavy (non-hydrogen) atoms. The van der Waals surface area contributed by atoms with E-state index in [0.29, 0.717) is 5.02 Å². The van der Waals surface area contributed by atoms with Crippen LogP contribution in [0, 0.1) is 0 Å². The molecule has 4 nitrogen and oxygen atoms in total. The zero-order valence-corrected chi connectivity index (χ0v) is 13.0. The fourth-order valence-corrected chi connectivity index (χ4v) is 1.98. The van der Waals surface area contributed by atoms with Gasteiger partial charge in [-0.05, 0) is 30.2 Å². The second-order valence-corrected chi connectivity index (χ2v) is 5.20. The highest BCUT2D eigenvalue weighted by molar-refractivity contribution is 6.30. The highest BCUT2D eigenvalue weighted by Crippen LogP contribution is 2.10. The summed E-state index contributed by atoms with van der Waals surface area (Å²) in [6.07, 6.45) is 1.53. The maximum Gasteiger partial charge on any atom is 0.261 e. The molecular weight excluding hydrogens is 300 g/mol. The fraction of sp³-hybridized carbons (Fsp3) is 0.176. The van der Waals surface area contributed by atoms with Gasteiger partial charge in [0.1, 0.15) is 0 Å². The largest absolute Gasteiger partial charge is 0.386 e. The summed E-state index contributed by atoms with van der Waals surface area (Å²) in [5.41, 5.74) is 1.89. The van der Waals surface area contributed by atoms with Crippen molar-refractivity contribution in [3.05, 3.63) is 70.7 Å². The standard InChI is InChI=1S/C17H17ClN2O2/c1-13(15-5-3-2-4-6-15)20-17(21)12-22-19-11-14-7-9-16(18)10-8-14/h2-11,13H,12H2,1H3,(H,20,21)/b19-11-/t13-/m1/s1. The van der Waals surface area contributed by atoms with E-state index in [-0.39, 0.29) is 18.6 Å². The van der Waals surface area contributed by atoms with Gasteiger partial charge in [-0.3, -0.25) is 4.79 Å². The van der Waals surface area contributed by atoms with Crippen molar-refractivity contribution in [3.8, 4) is 0 Å². The maximum atomic E-state index is 11.8. The van der Waals surface area contributed by atoms with E-state index in [1.807, 2.05) is 49.4 Å². The number of halogens is 1. The molecule has 114 valence electrons. The summed E-state index contributed by atoms with van der Waals surface area (Å²) in [7, 11) is 0. The average molecular weight is 317 g/mol. The van der Waals surface area contributed by atoms with Crippen molar-refractivity contribution in [2.75, 3.05) is 6.61 Å². The SMILES string of the molecule is C[C@@H](NC(=O)CO/N=C\c1ccc(Cl)cc1)c1ccccc1. The zero-order valence-electron chi connectivity index (χ0n) is 12.2. The molecule has 0 saturated carbocycles. The number of carbonyl (C=O) groups excluding carboxylic acids is 1. The number of oxime groups is 1. The van der Waals surface area contributed by atoms with Crippen LogP contribution in [0.1, 0.15) is 24.1 Å². The molecule has 0 bridgehead atoms. The lowest BCUT2D eigenvalue weighted by molar-refractivity contribution is -0.126. The highest BCUT2D eigenvalue weighted by atomic mass is 35.5. The van der Waals surface area contributed by atoms with Crippen LogP contribution in [0.4, 0.5) is 0 Å². The predicted molar refractivity (Wildman–Crippen MR) is 88.0 cm³/mol. The van der Waals surface area contributed by atoms with E-state index < -0.39 is 0 Å². The first-order valence-corrected chi connectivity index (χ1v) is 7.28. The summed E-state index contributed by atoms with van der Waals surface area (Å²) in [6, 6.07) is 16.8. The van der Waals surface area contributed by atoms with Gasteiger partial charge in [0.05, 0.1) is 12.3 Å². The second-order valence-electron chi connectivity index (χ2n) is 4.76. The van der Waals surface area contributed by atoms with E-state index >= 15 is 0 Å². The van der Waals surface area contributed by atoms with Crippen LogP contribution in [-0.2, 0) is 9.63 Å². The third kappa shape index (κ3) is 5.22. The molecule has 0 aliphatic heterocycles. The molecule has 1 N–H and O–H groups in total. The van der Waals surface area contributed by atoms with E-state index in [4.69, 9.17) is 16.4 Å². The number of nitrogens with zero attached hydrogens (tertiary/aromatic N) is 1. The molecule has 0 fully saturated rings. The van der Waals surface area contributed by atoms with Gasteiger partial charge in [0, 0.05) is 5.02 Å². The first kappa shape index (κ1) is 16.0. The van der Waals surface area contributed by atoms with Gasteiger partial charge >= 0.3 is 0 Å². The molecule has 5 heteroatoms. The Bertz CT molecular complexity index is 627. The smallest absolute Gasteiger partial charge is 0.261 e. The van der Waals surface area contributed by atoms with Crippen molar-refractivity contribution < 1.29 is 9.63 Å². The van der Waals surface area contributed by atoms with Crippen molar-refractivity contribution in [1.82, 2.24) is 5.32 Å². The average Bonchev–Trinajstić information content (AvgIpc) is 2.54. The molecule has 0 unspecified atom stereocenters. The normalized spacial score (nSPS) is 12.1. The Labute approximate surface area is 134 Å². The van der Waals surface area contributed by atoms with Crippen LogP contribution in [0.15, 0.2) is 59.8 Å². The predicted octanol–water partition coefficient (Wildman–Crippen LogP) is 3.57. The van der Waals surface area contributed by atoms with Gasteiger partial charge in [0.15, 0.2) is 6.61 Å². The minimum atomic E-state index is -0.218. The lowest BCUT2D eigenvalue weighted by atomic mass is 10.1. The number of benzene rings is 2. The number of amides is 1. The Hall–Kier alpha value is -2.33. The number of hydrogen-bond donors (Lipinski definition) is 1. The Morgan fingerprint density at radius 1 is 1.23 bits per heavy atom. The van der Waals surface area contributed by atoms with Crippen LogP contribution in [0.5, 0.6) is 0 Å². The van der Waals surface area contributed by atoms with Crippen LogP contribution in [-0.4, -0.2) is 18.7 Å². The maximum absolute atomic E-state index is 11.8. The van der Waals surface area contributed by atoms with Crippen molar-refractivity contribution in [3.63, 3.8) is 0 Å². The van der Waals surface area contributed by atoms with E-state index in [1.165, 1.54) is 6.21 Å². The summed E-state index contributed by atoms with van der Waals surface area (Å²) in [4.78, 5) is 16.7. The highest BCUT2D eigenvalue weighted by Gasteiger charge is 2.08. The number of carbonyl (C=O) groups is 1. The Kier molecular flexibility index (Phi) is 5.98. The molecule has 2 aromatic rings. The quantitative estimate of drug-likeness (QED) is 0.654. The molecule has 1 amide bonds. The van der Waals surface area contributed by atoms with E-state index in [9.17, 15) is 4.79 Å². The van der Waals surface area contributed by atoms with Gasteiger partial charge in [0.25, 0.3) is 5.91 Å². The van der Waals surface area contributed by atoms with Gasteiger partial charge < -0.3 is 10.2 Å². The van der Waals surface area contributed by atoms with Crippen molar-refractivity contribution in [1.29, 1.82) is 0 Å². The molecule has 0 aromatic heterocycles. The van der Waals surface area contributed by atoms with Crippen LogP contribution < -0.4 is 5.32 Å². The van der Waals surface area contributed by atoms with Crippen LogP contribution >= 0.6 is 11.6 Å². The Morgan fingerprint density at radius 2 is 1.91 bits per heavy atom. The first-order chi connectivity index (χ1) is 10.6. The molecule has 0 spiro atoms. The van der Waals surface area contributed by atoms with Crippen LogP contribution in [0.25, 0.3) is 0 Å². The summed E-state index contributed by atoms with van der Waals surface area (Å²) >= 11 is 5.78. The molecule has 0 aliphatic carbocycles. The van der Waals surface area contributed by atoms with Gasteiger partial charge in [-0.25, -0.2) is 0 Å². The minimum absolute atomic E-state index is 0.0717. The first-order valence-electron chi connectivity index (χ1n) is 6.90. The monoisotopic (exact) mass is 316 g/mol. The fourth-order valence-electron chi connectivity index (χ4n) is 1.85. The molecule has 0 saturated heterocycles. The molecule has 1 atom stereocenters. The summed E-state index contributed by atoms with van der Waals surface area (Å²) < 4.78 is 0. The van der Waals surface area contributed by atoms with Crippen molar-refractivity contribution >= 4 is 23.7 Å². The van der Waals surface area contributed by atoms with Gasteiger partial charge in [-0.15, -0.1) is 0 Å². The van der Waals surface area contributed by atoms with Gasteiger partial charge in [0.2, 0.25) is 0 Å². The summed E-state index contributed by atoms with van der Waals surface area (Å²) in [5, 5.41) is 7.27. The molecular formula is C17H17ClN2O2.